The summed E-state index contributed by atoms with van der Waals surface area (Å²) in [5.41, 5.74) is -0.933. The summed E-state index contributed by atoms with van der Waals surface area (Å²) in [6.45, 7) is 3.85. The van der Waals surface area contributed by atoms with Crippen LogP contribution in [0.3, 0.4) is 0 Å². The lowest BCUT2D eigenvalue weighted by atomic mass is 9.73. The number of hydrogen-bond donors (Lipinski definition) is 1. The zero-order chi connectivity index (χ0) is 21.8. The van der Waals surface area contributed by atoms with E-state index in [1.165, 1.54) is 12.0 Å². The van der Waals surface area contributed by atoms with Crippen molar-refractivity contribution < 1.29 is 33.4 Å². The molecule has 1 unspecified atom stereocenters. The minimum atomic E-state index is -1.82. The summed E-state index contributed by atoms with van der Waals surface area (Å²) in [5, 5.41) is 3.02. The zero-order valence-corrected chi connectivity index (χ0v) is 16.8. The lowest BCUT2D eigenvalue weighted by molar-refractivity contribution is -0.171. The van der Waals surface area contributed by atoms with Gasteiger partial charge in [0, 0.05) is 17.5 Å². The Morgan fingerprint density at radius 1 is 1.20 bits per heavy atom. The maximum atomic E-state index is 13.6. The van der Waals surface area contributed by atoms with Crippen LogP contribution >= 0.6 is 0 Å². The smallest absolute Gasteiger partial charge is 0.325 e. The quantitative estimate of drug-likeness (QED) is 0.428. The predicted octanol–water partition coefficient (Wildman–Crippen LogP) is 0.392. The number of hydrogen-bond acceptors (Lipinski definition) is 8. The fourth-order valence-corrected chi connectivity index (χ4v) is 5.09. The molecule has 30 heavy (non-hydrogen) atoms. The molecule has 3 heterocycles. The third-order valence-electron chi connectivity index (χ3n) is 6.34. The average molecular weight is 414 g/mol. The van der Waals surface area contributed by atoms with Gasteiger partial charge in [-0.05, 0) is 6.07 Å². The van der Waals surface area contributed by atoms with Gasteiger partial charge in [-0.1, -0.05) is 18.2 Å². The number of amides is 1. The van der Waals surface area contributed by atoms with E-state index >= 15 is 0 Å². The SMILES string of the molecule is C=CC1c2c(OC)cccc2C(=O)[C@@H]2[C@@H]3N[C@@H](CC3(C(=O)OC)C(=O)OC)C(=O)N12. The Labute approximate surface area is 172 Å². The number of carbonyl (C=O) groups is 4. The number of nitrogens with zero attached hydrogens (tertiary/aromatic N) is 1. The van der Waals surface area contributed by atoms with Crippen molar-refractivity contribution in [3.63, 3.8) is 0 Å². The maximum absolute atomic E-state index is 13.6. The van der Waals surface area contributed by atoms with Gasteiger partial charge < -0.3 is 19.1 Å². The lowest BCUT2D eigenvalue weighted by Crippen LogP contribution is -2.69. The van der Waals surface area contributed by atoms with E-state index in [4.69, 9.17) is 14.2 Å². The van der Waals surface area contributed by atoms with E-state index in [0.29, 0.717) is 16.9 Å². The molecule has 0 aromatic heterocycles. The van der Waals surface area contributed by atoms with Gasteiger partial charge >= 0.3 is 11.9 Å². The number of benzene rings is 1. The molecule has 2 saturated heterocycles. The third-order valence-corrected chi connectivity index (χ3v) is 6.34. The number of esters is 2. The van der Waals surface area contributed by atoms with Gasteiger partial charge in [0.15, 0.2) is 11.2 Å². The number of carbonyl (C=O) groups excluding carboxylic acids is 4. The first kappa shape index (κ1) is 20.1. The second-order valence-corrected chi connectivity index (χ2v) is 7.51. The van der Waals surface area contributed by atoms with Crippen molar-refractivity contribution in [2.24, 2.45) is 5.41 Å². The first-order valence-electron chi connectivity index (χ1n) is 9.46. The van der Waals surface area contributed by atoms with Crippen molar-refractivity contribution in [3.05, 3.63) is 42.0 Å². The predicted molar refractivity (Wildman–Crippen MR) is 103 cm³/mol. The maximum Gasteiger partial charge on any atom is 0.325 e. The van der Waals surface area contributed by atoms with E-state index in [9.17, 15) is 19.2 Å². The highest BCUT2D eigenvalue weighted by atomic mass is 16.5. The second kappa shape index (κ2) is 6.94. The molecule has 0 aliphatic carbocycles. The molecule has 158 valence electrons. The number of Topliss-reactive ketones (excluding diaryl/α,β-unsaturated/α-hetero) is 1. The van der Waals surface area contributed by atoms with Gasteiger partial charge in [-0.3, -0.25) is 24.5 Å². The van der Waals surface area contributed by atoms with Crippen LogP contribution in [0.2, 0.25) is 0 Å². The fraction of sp³-hybridized carbons (Fsp3) is 0.429. The summed E-state index contributed by atoms with van der Waals surface area (Å²) in [5.74, 6) is -2.03. The van der Waals surface area contributed by atoms with E-state index in [1.54, 1.807) is 24.3 Å². The summed E-state index contributed by atoms with van der Waals surface area (Å²) >= 11 is 0. The molecule has 1 aromatic carbocycles. The molecular formula is C21H22N2O7. The summed E-state index contributed by atoms with van der Waals surface area (Å²) in [6.07, 6.45) is 1.40. The molecule has 4 rings (SSSR count). The van der Waals surface area contributed by atoms with Crippen LogP contribution < -0.4 is 10.1 Å². The Morgan fingerprint density at radius 3 is 2.43 bits per heavy atom. The van der Waals surface area contributed by atoms with Crippen LogP contribution in [0, 0.1) is 5.41 Å². The van der Waals surface area contributed by atoms with Crippen molar-refractivity contribution in [1.82, 2.24) is 10.2 Å². The van der Waals surface area contributed by atoms with Gasteiger partial charge in [-0.2, -0.15) is 0 Å². The molecule has 4 atom stereocenters. The molecule has 1 amide bonds. The highest BCUT2D eigenvalue weighted by molar-refractivity contribution is 6.11. The first-order chi connectivity index (χ1) is 14.4. The van der Waals surface area contributed by atoms with Crippen molar-refractivity contribution in [2.45, 2.75) is 30.6 Å². The largest absolute Gasteiger partial charge is 0.496 e. The molecule has 2 fully saturated rings. The van der Waals surface area contributed by atoms with Crippen LogP contribution in [-0.4, -0.2) is 68.0 Å². The second-order valence-electron chi connectivity index (χ2n) is 7.51. The Kier molecular flexibility index (Phi) is 4.65. The Morgan fingerprint density at radius 2 is 1.87 bits per heavy atom. The Balaban J connectivity index is 1.95. The van der Waals surface area contributed by atoms with Crippen molar-refractivity contribution in [1.29, 1.82) is 0 Å². The summed E-state index contributed by atoms with van der Waals surface area (Å²) in [6, 6.07) is 1.39. The Hall–Kier alpha value is -3.20. The first-order valence-corrected chi connectivity index (χ1v) is 9.46. The number of nitrogens with one attached hydrogen (secondary N) is 1. The van der Waals surface area contributed by atoms with Crippen molar-refractivity contribution in [2.75, 3.05) is 21.3 Å². The summed E-state index contributed by atoms with van der Waals surface area (Å²) in [4.78, 5) is 54.0. The molecule has 1 N–H and O–H groups in total. The minimum absolute atomic E-state index is 0.159. The zero-order valence-electron chi connectivity index (χ0n) is 16.8. The molecule has 2 bridgehead atoms. The van der Waals surface area contributed by atoms with Gasteiger partial charge in [0.1, 0.15) is 11.8 Å². The van der Waals surface area contributed by atoms with E-state index in [0.717, 1.165) is 14.2 Å². The highest BCUT2D eigenvalue weighted by Crippen LogP contribution is 2.50. The summed E-state index contributed by atoms with van der Waals surface area (Å²) < 4.78 is 15.3. The van der Waals surface area contributed by atoms with Gasteiger partial charge in [0.25, 0.3) is 0 Å². The number of piperazine rings is 1. The standard InChI is InChI=1S/C21H22N2O7/c1-5-12-14-10(7-6-8-13(14)28-2)16(24)15-17-21(19(26)29-3,20(27)30-4)9-11(22-17)18(25)23(12)15/h5-8,11-12,15,17,22H,1,9H2,2-4H3/t11-,12?,15+,17-/m0/s1. The number of rotatable bonds is 4. The van der Waals surface area contributed by atoms with Crippen molar-refractivity contribution >= 4 is 23.6 Å². The van der Waals surface area contributed by atoms with Crippen LogP contribution in [0.25, 0.3) is 0 Å². The molecule has 9 nitrogen and oxygen atoms in total. The number of ketones is 1. The molecular weight excluding hydrogens is 392 g/mol. The topological polar surface area (TPSA) is 111 Å². The van der Waals surface area contributed by atoms with Gasteiger partial charge in [0.2, 0.25) is 5.91 Å². The normalized spacial score (nSPS) is 28.3. The van der Waals surface area contributed by atoms with Gasteiger partial charge in [-0.25, -0.2) is 0 Å². The Bertz CT molecular complexity index is 956. The molecule has 0 spiro atoms. The van der Waals surface area contributed by atoms with Gasteiger partial charge in [-0.15, -0.1) is 6.58 Å². The van der Waals surface area contributed by atoms with Crippen LogP contribution in [0.5, 0.6) is 5.75 Å². The van der Waals surface area contributed by atoms with Crippen LogP contribution in [-0.2, 0) is 23.9 Å². The molecule has 3 aliphatic heterocycles. The van der Waals surface area contributed by atoms with E-state index in [1.807, 2.05) is 0 Å². The van der Waals surface area contributed by atoms with Gasteiger partial charge in [0.05, 0.1) is 39.5 Å². The van der Waals surface area contributed by atoms with Crippen LogP contribution in [0.15, 0.2) is 30.9 Å². The molecule has 0 radical (unpaired) electrons. The monoisotopic (exact) mass is 414 g/mol. The van der Waals surface area contributed by atoms with E-state index < -0.39 is 53.2 Å². The minimum Gasteiger partial charge on any atom is -0.496 e. The van der Waals surface area contributed by atoms with Crippen molar-refractivity contribution in [3.8, 4) is 5.75 Å². The highest BCUT2D eigenvalue weighted by Gasteiger charge is 2.70. The summed E-state index contributed by atoms with van der Waals surface area (Å²) in [7, 11) is 3.80. The average Bonchev–Trinajstić information content (AvgIpc) is 3.13. The fourth-order valence-electron chi connectivity index (χ4n) is 5.09. The van der Waals surface area contributed by atoms with E-state index in [-0.39, 0.29) is 6.42 Å². The van der Waals surface area contributed by atoms with Crippen LogP contribution in [0.1, 0.15) is 28.4 Å². The number of methoxy groups -OCH3 is 3. The van der Waals surface area contributed by atoms with Crippen LogP contribution in [0.4, 0.5) is 0 Å². The molecule has 3 aliphatic rings. The third kappa shape index (κ3) is 2.32. The molecule has 9 heteroatoms. The van der Waals surface area contributed by atoms with E-state index in [2.05, 4.69) is 11.9 Å². The molecule has 1 aromatic rings. The molecule has 0 saturated carbocycles. The lowest BCUT2D eigenvalue weighted by Gasteiger charge is -2.48. The number of fused-ring (bicyclic) bond motifs is 5. The number of ether oxygens (including phenoxy) is 3.